The van der Waals surface area contributed by atoms with Crippen LogP contribution in [0.5, 0.6) is 0 Å². The van der Waals surface area contributed by atoms with Crippen LogP contribution < -0.4 is 0 Å². The highest BCUT2D eigenvalue weighted by Gasteiger charge is 2.34. The fourth-order valence-electron chi connectivity index (χ4n) is 3.19. The molecule has 2 aliphatic rings. The van der Waals surface area contributed by atoms with Gasteiger partial charge in [-0.2, -0.15) is 5.10 Å². The quantitative estimate of drug-likeness (QED) is 0.788. The molecule has 20 heavy (non-hydrogen) atoms. The summed E-state index contributed by atoms with van der Waals surface area (Å²) >= 11 is 0. The molecular weight excluding hydrogens is 254 g/mol. The van der Waals surface area contributed by atoms with Crippen molar-refractivity contribution >= 4 is 10.9 Å². The summed E-state index contributed by atoms with van der Waals surface area (Å²) in [4.78, 5) is 2.30. The summed E-state index contributed by atoms with van der Waals surface area (Å²) in [6.07, 6.45) is 0.0757. The molecule has 1 saturated heterocycles. The van der Waals surface area contributed by atoms with Gasteiger partial charge in [0.25, 0.3) is 0 Å². The van der Waals surface area contributed by atoms with E-state index < -0.39 is 0 Å². The number of fused-ring (bicyclic) bond motifs is 3. The highest BCUT2D eigenvalue weighted by atomic mass is 16.5. The van der Waals surface area contributed by atoms with E-state index in [9.17, 15) is 0 Å². The average molecular weight is 273 g/mol. The normalized spacial score (nSPS) is 27.6. The molecule has 106 valence electrons. The number of aromatic nitrogens is 2. The second-order valence-electron chi connectivity index (χ2n) is 5.59. The summed E-state index contributed by atoms with van der Waals surface area (Å²) < 4.78 is 14.1. The van der Waals surface area contributed by atoms with Crippen LogP contribution in [0.3, 0.4) is 0 Å². The standard InChI is InChI=1S/C15H19N3O2/c1-17-6-8-19-13(10-17)15-14-11-4-2-3-5-12(11)16-18(14)7-9-20-15/h2-5,13,15H,6-10H2,1H3/t13-,15+/m1/s1. The molecule has 3 heterocycles. The van der Waals surface area contributed by atoms with Gasteiger partial charge in [-0.3, -0.25) is 4.68 Å². The monoisotopic (exact) mass is 273 g/mol. The van der Waals surface area contributed by atoms with Crippen molar-refractivity contribution in [2.24, 2.45) is 0 Å². The molecule has 2 aromatic rings. The molecule has 0 amide bonds. The zero-order valence-electron chi connectivity index (χ0n) is 11.7. The van der Waals surface area contributed by atoms with Crippen LogP contribution in [0.1, 0.15) is 11.8 Å². The number of rotatable bonds is 1. The Morgan fingerprint density at radius 3 is 2.90 bits per heavy atom. The highest BCUT2D eigenvalue weighted by Crippen LogP contribution is 2.33. The third kappa shape index (κ3) is 1.93. The second kappa shape index (κ2) is 4.84. The van der Waals surface area contributed by atoms with E-state index in [1.807, 2.05) is 6.07 Å². The molecular formula is C15H19N3O2. The van der Waals surface area contributed by atoms with E-state index in [4.69, 9.17) is 9.47 Å². The Hall–Kier alpha value is -1.43. The molecule has 5 heteroatoms. The predicted molar refractivity (Wildman–Crippen MR) is 75.7 cm³/mol. The molecule has 0 aliphatic carbocycles. The van der Waals surface area contributed by atoms with Crippen LogP contribution in [0.2, 0.25) is 0 Å². The van der Waals surface area contributed by atoms with E-state index in [1.54, 1.807) is 0 Å². The van der Waals surface area contributed by atoms with Crippen molar-refractivity contribution in [3.63, 3.8) is 0 Å². The Bertz CT molecular complexity index is 625. The van der Waals surface area contributed by atoms with Crippen LogP contribution in [0.15, 0.2) is 24.3 Å². The molecule has 1 fully saturated rings. The molecule has 0 saturated carbocycles. The maximum Gasteiger partial charge on any atom is 0.127 e. The molecule has 0 unspecified atom stereocenters. The number of benzene rings is 1. The zero-order chi connectivity index (χ0) is 13.5. The van der Waals surface area contributed by atoms with Gasteiger partial charge >= 0.3 is 0 Å². The summed E-state index contributed by atoms with van der Waals surface area (Å²) in [7, 11) is 2.13. The van der Waals surface area contributed by atoms with Crippen LogP contribution in [0, 0.1) is 0 Å². The van der Waals surface area contributed by atoms with Gasteiger partial charge in [0.1, 0.15) is 12.2 Å². The first kappa shape index (κ1) is 12.3. The average Bonchev–Trinajstić information content (AvgIpc) is 2.85. The molecule has 0 radical (unpaired) electrons. The first-order valence-electron chi connectivity index (χ1n) is 7.20. The lowest BCUT2D eigenvalue weighted by atomic mass is 10.0. The van der Waals surface area contributed by atoms with E-state index >= 15 is 0 Å². The minimum atomic E-state index is -0.0149. The molecule has 4 rings (SSSR count). The van der Waals surface area contributed by atoms with E-state index in [0.717, 1.165) is 31.8 Å². The third-order valence-corrected chi connectivity index (χ3v) is 4.19. The fraction of sp³-hybridized carbons (Fsp3) is 0.533. The zero-order valence-corrected chi connectivity index (χ0v) is 11.7. The van der Waals surface area contributed by atoms with Gasteiger partial charge in [-0.05, 0) is 13.1 Å². The van der Waals surface area contributed by atoms with Crippen molar-refractivity contribution in [3.8, 4) is 0 Å². The lowest BCUT2D eigenvalue weighted by Crippen LogP contribution is -2.45. The number of morpholine rings is 1. The summed E-state index contributed by atoms with van der Waals surface area (Å²) in [5, 5.41) is 5.87. The Balaban J connectivity index is 1.77. The number of nitrogens with zero attached hydrogens (tertiary/aromatic N) is 3. The molecule has 1 aromatic heterocycles. The summed E-state index contributed by atoms with van der Waals surface area (Å²) in [6.45, 7) is 4.19. The van der Waals surface area contributed by atoms with Crippen LogP contribution in [0.25, 0.3) is 10.9 Å². The van der Waals surface area contributed by atoms with Gasteiger partial charge in [-0.1, -0.05) is 18.2 Å². The lowest BCUT2D eigenvalue weighted by Gasteiger charge is -2.37. The Morgan fingerprint density at radius 2 is 2.00 bits per heavy atom. The highest BCUT2D eigenvalue weighted by molar-refractivity contribution is 5.82. The Labute approximate surface area is 118 Å². The van der Waals surface area contributed by atoms with Crippen LogP contribution in [-0.2, 0) is 16.0 Å². The van der Waals surface area contributed by atoms with E-state index in [-0.39, 0.29) is 12.2 Å². The molecule has 0 spiro atoms. The van der Waals surface area contributed by atoms with E-state index in [2.05, 4.69) is 39.9 Å². The molecule has 0 N–H and O–H groups in total. The molecule has 2 aliphatic heterocycles. The van der Waals surface area contributed by atoms with Gasteiger partial charge < -0.3 is 14.4 Å². The first-order valence-corrected chi connectivity index (χ1v) is 7.20. The first-order chi connectivity index (χ1) is 9.83. The van der Waals surface area contributed by atoms with Gasteiger partial charge in [0, 0.05) is 18.5 Å². The van der Waals surface area contributed by atoms with Crippen molar-refractivity contribution in [1.82, 2.24) is 14.7 Å². The molecule has 2 atom stereocenters. The smallest absolute Gasteiger partial charge is 0.127 e. The SMILES string of the molecule is CN1CCO[C@@H]([C@@H]2OCCn3nc4ccccc4c32)C1. The van der Waals surface area contributed by atoms with Crippen molar-refractivity contribution in [1.29, 1.82) is 0 Å². The van der Waals surface area contributed by atoms with Crippen molar-refractivity contribution in [2.75, 3.05) is 33.4 Å². The second-order valence-corrected chi connectivity index (χ2v) is 5.59. The number of hydrogen-bond acceptors (Lipinski definition) is 4. The predicted octanol–water partition coefficient (Wildman–Crippen LogP) is 1.44. The maximum absolute atomic E-state index is 6.05. The fourth-order valence-corrected chi connectivity index (χ4v) is 3.19. The van der Waals surface area contributed by atoms with Crippen LogP contribution in [-0.4, -0.2) is 54.1 Å². The lowest BCUT2D eigenvalue weighted by molar-refractivity contribution is -0.121. The largest absolute Gasteiger partial charge is 0.372 e. The van der Waals surface area contributed by atoms with Gasteiger partial charge in [-0.15, -0.1) is 0 Å². The van der Waals surface area contributed by atoms with Crippen molar-refractivity contribution in [2.45, 2.75) is 18.8 Å². The van der Waals surface area contributed by atoms with Crippen LogP contribution in [0.4, 0.5) is 0 Å². The van der Waals surface area contributed by atoms with Crippen molar-refractivity contribution < 1.29 is 9.47 Å². The topological polar surface area (TPSA) is 39.5 Å². The van der Waals surface area contributed by atoms with Gasteiger partial charge in [0.05, 0.1) is 31.0 Å². The summed E-state index contributed by atoms with van der Waals surface area (Å²) in [5.74, 6) is 0. The Morgan fingerprint density at radius 1 is 1.15 bits per heavy atom. The number of ether oxygens (including phenoxy) is 2. The maximum atomic E-state index is 6.05. The summed E-state index contributed by atoms with van der Waals surface area (Å²) in [5.41, 5.74) is 2.22. The minimum absolute atomic E-state index is 0.0149. The number of hydrogen-bond donors (Lipinski definition) is 0. The van der Waals surface area contributed by atoms with Gasteiger partial charge in [0.2, 0.25) is 0 Å². The van der Waals surface area contributed by atoms with Gasteiger partial charge in [0.15, 0.2) is 0 Å². The molecule has 0 bridgehead atoms. The van der Waals surface area contributed by atoms with Crippen LogP contribution >= 0.6 is 0 Å². The Kier molecular flexibility index (Phi) is 2.98. The third-order valence-electron chi connectivity index (χ3n) is 4.19. The number of likely N-dealkylation sites (N-methyl/N-ethyl adjacent to an activating group) is 1. The molecule has 5 nitrogen and oxygen atoms in total. The van der Waals surface area contributed by atoms with Crippen molar-refractivity contribution in [3.05, 3.63) is 30.0 Å². The molecule has 1 aromatic carbocycles. The summed E-state index contributed by atoms with van der Waals surface area (Å²) in [6, 6.07) is 8.28. The van der Waals surface area contributed by atoms with E-state index in [1.165, 1.54) is 11.1 Å². The van der Waals surface area contributed by atoms with E-state index in [0.29, 0.717) is 6.61 Å². The minimum Gasteiger partial charge on any atom is -0.372 e. The van der Waals surface area contributed by atoms with Gasteiger partial charge in [-0.25, -0.2) is 0 Å².